The zero-order chi connectivity index (χ0) is 15.9. The molecule has 2 rings (SSSR count). The van der Waals surface area contributed by atoms with Gasteiger partial charge in [0.15, 0.2) is 0 Å². The number of carbonyl (C=O) groups excluding carboxylic acids is 1. The molecule has 0 radical (unpaired) electrons. The molecule has 0 saturated heterocycles. The quantitative estimate of drug-likeness (QED) is 0.822. The van der Waals surface area contributed by atoms with Gasteiger partial charge >= 0.3 is 0 Å². The lowest BCUT2D eigenvalue weighted by Gasteiger charge is -2.21. The normalized spacial score (nSPS) is 10.1. The summed E-state index contributed by atoms with van der Waals surface area (Å²) < 4.78 is 1.98. The van der Waals surface area contributed by atoms with Crippen LogP contribution >= 0.6 is 0 Å². The number of amides is 1. The smallest absolute Gasteiger partial charge is 0.242 e. The van der Waals surface area contributed by atoms with Crippen LogP contribution < -0.4 is 0 Å². The van der Waals surface area contributed by atoms with E-state index >= 15 is 0 Å². The van der Waals surface area contributed by atoms with Gasteiger partial charge in [-0.15, -0.1) is 0 Å². The van der Waals surface area contributed by atoms with E-state index in [0.717, 1.165) is 16.6 Å². The van der Waals surface area contributed by atoms with Gasteiger partial charge in [0.1, 0.15) is 6.54 Å². The molecule has 0 spiro atoms. The van der Waals surface area contributed by atoms with E-state index in [1.165, 1.54) is 0 Å². The summed E-state index contributed by atoms with van der Waals surface area (Å²) in [6.07, 6.45) is 0.561. The van der Waals surface area contributed by atoms with Crippen LogP contribution in [0.1, 0.15) is 18.5 Å². The molecule has 0 bridgehead atoms. The van der Waals surface area contributed by atoms with E-state index in [2.05, 4.69) is 6.07 Å². The largest absolute Gasteiger partial charge is 0.339 e. The molecule has 22 heavy (non-hydrogen) atoms. The molecule has 2 aromatic rings. The highest BCUT2D eigenvalue weighted by atomic mass is 16.2. The Labute approximate surface area is 130 Å². The van der Waals surface area contributed by atoms with Crippen molar-refractivity contribution in [3.05, 3.63) is 36.0 Å². The van der Waals surface area contributed by atoms with E-state index in [1.807, 2.05) is 47.9 Å². The highest BCUT2D eigenvalue weighted by molar-refractivity contribution is 5.84. The average molecular weight is 294 g/mol. The lowest BCUT2D eigenvalue weighted by molar-refractivity contribution is -0.131. The van der Waals surface area contributed by atoms with Crippen molar-refractivity contribution < 1.29 is 4.79 Å². The van der Waals surface area contributed by atoms with Crippen molar-refractivity contribution in [2.75, 3.05) is 13.1 Å². The highest BCUT2D eigenvalue weighted by Gasteiger charge is 2.15. The summed E-state index contributed by atoms with van der Waals surface area (Å²) in [5.74, 6) is -0.0602. The van der Waals surface area contributed by atoms with Gasteiger partial charge in [0.25, 0.3) is 0 Å². The lowest BCUT2D eigenvalue weighted by Crippen LogP contribution is -2.35. The van der Waals surface area contributed by atoms with Crippen LogP contribution in [0.3, 0.4) is 0 Å². The third kappa shape index (κ3) is 3.45. The maximum absolute atomic E-state index is 12.5. The number of para-hydroxylation sites is 1. The fourth-order valence-corrected chi connectivity index (χ4v) is 2.52. The predicted octanol–water partition coefficient (Wildman–Crippen LogP) is 2.61. The van der Waals surface area contributed by atoms with Gasteiger partial charge in [-0.2, -0.15) is 10.5 Å². The van der Waals surface area contributed by atoms with Crippen LogP contribution in [0.15, 0.2) is 30.3 Å². The molecule has 1 aromatic carbocycles. The first-order valence-electron chi connectivity index (χ1n) is 7.24. The maximum Gasteiger partial charge on any atom is 0.242 e. The Hall–Kier alpha value is -2.79. The Morgan fingerprint density at radius 3 is 2.45 bits per heavy atom. The molecule has 0 N–H and O–H groups in total. The van der Waals surface area contributed by atoms with Crippen molar-refractivity contribution >= 4 is 16.8 Å². The van der Waals surface area contributed by atoms with E-state index in [-0.39, 0.29) is 25.3 Å². The second-order valence-electron chi connectivity index (χ2n) is 5.13. The number of aryl methyl sites for hydroxylation is 1. The molecule has 0 aliphatic rings. The number of aromatic nitrogens is 1. The van der Waals surface area contributed by atoms with Crippen molar-refractivity contribution in [1.29, 1.82) is 10.5 Å². The number of nitrogens with zero attached hydrogens (tertiary/aromatic N) is 4. The van der Waals surface area contributed by atoms with E-state index in [4.69, 9.17) is 10.5 Å². The fourth-order valence-electron chi connectivity index (χ4n) is 2.52. The summed E-state index contributed by atoms with van der Waals surface area (Å²) in [5, 5.41) is 18.5. The maximum atomic E-state index is 12.5. The SMILES string of the molecule is Cc1cc2ccccc2n1CC(=O)N(CCC#N)CCC#N. The van der Waals surface area contributed by atoms with Crippen LogP contribution in [-0.2, 0) is 11.3 Å². The number of benzene rings is 1. The Balaban J connectivity index is 2.19. The molecule has 0 aliphatic heterocycles. The molecule has 0 unspecified atom stereocenters. The number of hydrogen-bond acceptors (Lipinski definition) is 3. The minimum Gasteiger partial charge on any atom is -0.339 e. The second-order valence-corrected chi connectivity index (χ2v) is 5.13. The van der Waals surface area contributed by atoms with E-state index in [1.54, 1.807) is 4.90 Å². The van der Waals surface area contributed by atoms with Crippen LogP contribution in [0, 0.1) is 29.6 Å². The second kappa shape index (κ2) is 7.28. The van der Waals surface area contributed by atoms with Gasteiger partial charge in [-0.25, -0.2) is 0 Å². The molecule has 5 nitrogen and oxygen atoms in total. The van der Waals surface area contributed by atoms with Crippen molar-refractivity contribution in [3.63, 3.8) is 0 Å². The highest BCUT2D eigenvalue weighted by Crippen LogP contribution is 2.19. The third-order valence-corrected chi connectivity index (χ3v) is 3.65. The third-order valence-electron chi connectivity index (χ3n) is 3.65. The predicted molar refractivity (Wildman–Crippen MR) is 83.7 cm³/mol. The van der Waals surface area contributed by atoms with E-state index in [9.17, 15) is 4.79 Å². The van der Waals surface area contributed by atoms with Crippen molar-refractivity contribution in [3.8, 4) is 12.1 Å². The molecule has 0 saturated carbocycles. The summed E-state index contributed by atoms with van der Waals surface area (Å²) in [5.41, 5.74) is 2.05. The van der Waals surface area contributed by atoms with Gasteiger partial charge in [0.2, 0.25) is 5.91 Å². The van der Waals surface area contributed by atoms with Crippen molar-refractivity contribution in [1.82, 2.24) is 9.47 Å². The number of carbonyl (C=O) groups is 1. The number of nitriles is 2. The molecule has 0 fully saturated rings. The summed E-state index contributed by atoms with van der Waals surface area (Å²) in [6, 6.07) is 14.1. The molecule has 112 valence electrons. The minimum absolute atomic E-state index is 0.0602. The molecule has 5 heteroatoms. The van der Waals surface area contributed by atoms with Gasteiger partial charge in [0, 0.05) is 24.3 Å². The summed E-state index contributed by atoms with van der Waals surface area (Å²) in [6.45, 7) is 2.95. The van der Waals surface area contributed by atoms with Gasteiger partial charge < -0.3 is 9.47 Å². The van der Waals surface area contributed by atoms with Gasteiger partial charge in [-0.3, -0.25) is 4.79 Å². The Morgan fingerprint density at radius 1 is 1.18 bits per heavy atom. The molecule has 0 aliphatic carbocycles. The standard InChI is InChI=1S/C17H18N4O/c1-14-12-15-6-2-3-7-16(15)21(14)13-17(22)20(10-4-8-18)11-5-9-19/h2-3,6-7,12H,4-5,10-11,13H2,1H3. The monoisotopic (exact) mass is 294 g/mol. The van der Waals surface area contributed by atoms with Crippen LogP contribution in [0.5, 0.6) is 0 Å². The van der Waals surface area contributed by atoms with Crippen molar-refractivity contribution in [2.45, 2.75) is 26.3 Å². The molecule has 1 aromatic heterocycles. The van der Waals surface area contributed by atoms with E-state index < -0.39 is 0 Å². The molecule has 1 heterocycles. The zero-order valence-electron chi connectivity index (χ0n) is 12.6. The lowest BCUT2D eigenvalue weighted by atomic mass is 10.2. The van der Waals surface area contributed by atoms with Crippen LogP contribution in [0.4, 0.5) is 0 Å². The van der Waals surface area contributed by atoms with Crippen LogP contribution in [-0.4, -0.2) is 28.5 Å². The number of fused-ring (bicyclic) bond motifs is 1. The Kier molecular flexibility index (Phi) is 5.16. The van der Waals surface area contributed by atoms with E-state index in [0.29, 0.717) is 13.1 Å². The molecular formula is C17H18N4O. The molecular weight excluding hydrogens is 276 g/mol. The summed E-state index contributed by atoms with van der Waals surface area (Å²) in [4.78, 5) is 14.1. The molecule has 1 amide bonds. The first kappa shape index (κ1) is 15.6. The average Bonchev–Trinajstić information content (AvgIpc) is 2.83. The summed E-state index contributed by atoms with van der Waals surface area (Å²) >= 11 is 0. The number of hydrogen-bond donors (Lipinski definition) is 0. The topological polar surface area (TPSA) is 72.8 Å². The number of rotatable bonds is 6. The fraction of sp³-hybridized carbons (Fsp3) is 0.353. The first-order chi connectivity index (χ1) is 10.7. The van der Waals surface area contributed by atoms with Gasteiger partial charge in [-0.1, -0.05) is 18.2 Å². The zero-order valence-corrected chi connectivity index (χ0v) is 12.6. The first-order valence-corrected chi connectivity index (χ1v) is 7.24. The Bertz CT molecular complexity index is 730. The molecule has 0 atom stereocenters. The van der Waals surface area contributed by atoms with Crippen molar-refractivity contribution in [2.24, 2.45) is 0 Å². The van der Waals surface area contributed by atoms with Crippen LogP contribution in [0.25, 0.3) is 10.9 Å². The summed E-state index contributed by atoms with van der Waals surface area (Å²) in [7, 11) is 0. The van der Waals surface area contributed by atoms with Crippen LogP contribution in [0.2, 0.25) is 0 Å². The van der Waals surface area contributed by atoms with Gasteiger partial charge in [0.05, 0.1) is 25.0 Å². The minimum atomic E-state index is -0.0602. The Morgan fingerprint density at radius 2 is 1.82 bits per heavy atom. The van der Waals surface area contributed by atoms with Gasteiger partial charge in [-0.05, 0) is 24.4 Å².